The molecule has 9 nitrogen and oxygen atoms in total. The molecule has 5 rings (SSSR count). The van der Waals surface area contributed by atoms with Crippen molar-refractivity contribution in [3.8, 4) is 11.5 Å². The first kappa shape index (κ1) is 19.8. The van der Waals surface area contributed by atoms with Crippen LogP contribution in [0.2, 0.25) is 0 Å². The lowest BCUT2D eigenvalue weighted by Gasteiger charge is -2.35. The number of nitrogens with one attached hydrogen (secondary N) is 1. The molecule has 32 heavy (non-hydrogen) atoms. The van der Waals surface area contributed by atoms with E-state index in [0.717, 1.165) is 37.6 Å². The third-order valence-electron chi connectivity index (χ3n) is 5.27. The van der Waals surface area contributed by atoms with Crippen LogP contribution in [-0.4, -0.2) is 53.8 Å². The van der Waals surface area contributed by atoms with Crippen molar-refractivity contribution in [2.45, 2.75) is 0 Å². The summed E-state index contributed by atoms with van der Waals surface area (Å²) in [5.41, 5.74) is 1.39. The number of ether oxygens (including phenoxy) is 2. The number of aromatic nitrogens is 3. The molecule has 0 aliphatic carbocycles. The topological polar surface area (TPSA) is 92.7 Å². The van der Waals surface area contributed by atoms with Crippen LogP contribution in [0.3, 0.4) is 0 Å². The van der Waals surface area contributed by atoms with Crippen molar-refractivity contribution in [3.63, 3.8) is 0 Å². The van der Waals surface area contributed by atoms with E-state index >= 15 is 0 Å². The Hall–Kier alpha value is -4.14. The molecule has 0 bridgehead atoms. The van der Waals surface area contributed by atoms with Crippen molar-refractivity contribution in [2.24, 2.45) is 0 Å². The Morgan fingerprint density at radius 3 is 2.50 bits per heavy atom. The molecule has 4 heterocycles. The van der Waals surface area contributed by atoms with Gasteiger partial charge in [0.25, 0.3) is 0 Å². The average Bonchev–Trinajstić information content (AvgIpc) is 3.32. The second-order valence-electron chi connectivity index (χ2n) is 7.37. The highest BCUT2D eigenvalue weighted by atomic mass is 16.7. The van der Waals surface area contributed by atoms with Crippen LogP contribution in [0.25, 0.3) is 6.08 Å². The fourth-order valence-corrected chi connectivity index (χ4v) is 3.60. The third kappa shape index (κ3) is 4.46. The summed E-state index contributed by atoms with van der Waals surface area (Å²) in [4.78, 5) is 29.9. The maximum Gasteiger partial charge on any atom is 0.248 e. The number of hydrogen-bond donors (Lipinski definition) is 1. The number of nitrogens with zero attached hydrogens (tertiary/aromatic N) is 5. The molecular formula is C23H22N6O3. The van der Waals surface area contributed by atoms with E-state index in [2.05, 4.69) is 30.1 Å². The standard InChI is InChI=1S/C23H22N6O3/c30-22(7-5-17-4-6-19-20(13-17)32-16-31-19)27-18-14-25-23(26-15-18)29-11-9-28(10-12-29)21-3-1-2-8-24-21/h1-8,13-15H,9-12,16H2,(H,27,30)/b7-5+. The first-order valence-corrected chi connectivity index (χ1v) is 10.4. The molecule has 0 atom stereocenters. The molecule has 9 heteroatoms. The van der Waals surface area contributed by atoms with Crippen molar-refractivity contribution in [2.75, 3.05) is 48.1 Å². The molecule has 162 valence electrons. The predicted molar refractivity (Wildman–Crippen MR) is 121 cm³/mol. The number of fused-ring (bicyclic) bond motifs is 1. The fourth-order valence-electron chi connectivity index (χ4n) is 3.60. The van der Waals surface area contributed by atoms with Gasteiger partial charge in [-0.2, -0.15) is 0 Å². The summed E-state index contributed by atoms with van der Waals surface area (Å²) in [5, 5.41) is 2.78. The van der Waals surface area contributed by atoms with Crippen LogP contribution >= 0.6 is 0 Å². The van der Waals surface area contributed by atoms with Crippen molar-refractivity contribution in [3.05, 3.63) is 66.6 Å². The van der Waals surface area contributed by atoms with Gasteiger partial charge in [-0.3, -0.25) is 4.79 Å². The number of pyridine rings is 1. The van der Waals surface area contributed by atoms with E-state index in [0.29, 0.717) is 23.1 Å². The summed E-state index contributed by atoms with van der Waals surface area (Å²) >= 11 is 0. The van der Waals surface area contributed by atoms with E-state index in [1.165, 1.54) is 6.08 Å². The summed E-state index contributed by atoms with van der Waals surface area (Å²) < 4.78 is 10.6. The van der Waals surface area contributed by atoms with Gasteiger partial charge in [-0.25, -0.2) is 15.0 Å². The van der Waals surface area contributed by atoms with Crippen LogP contribution < -0.4 is 24.6 Å². The van der Waals surface area contributed by atoms with Crippen LogP contribution in [-0.2, 0) is 4.79 Å². The van der Waals surface area contributed by atoms with E-state index in [-0.39, 0.29) is 12.7 Å². The van der Waals surface area contributed by atoms with E-state index in [4.69, 9.17) is 9.47 Å². The number of hydrogen-bond acceptors (Lipinski definition) is 8. The number of amides is 1. The highest BCUT2D eigenvalue weighted by Crippen LogP contribution is 2.32. The number of benzene rings is 1. The lowest BCUT2D eigenvalue weighted by molar-refractivity contribution is -0.111. The first-order valence-electron chi connectivity index (χ1n) is 10.4. The van der Waals surface area contributed by atoms with E-state index in [9.17, 15) is 4.79 Å². The van der Waals surface area contributed by atoms with Gasteiger partial charge in [0.05, 0.1) is 18.1 Å². The van der Waals surface area contributed by atoms with Crippen LogP contribution in [0, 0.1) is 0 Å². The molecule has 1 N–H and O–H groups in total. The Morgan fingerprint density at radius 1 is 0.938 bits per heavy atom. The molecule has 2 aliphatic heterocycles. The zero-order valence-corrected chi connectivity index (χ0v) is 17.3. The first-order chi connectivity index (χ1) is 15.7. The van der Waals surface area contributed by atoms with Gasteiger partial charge in [-0.05, 0) is 35.9 Å². The monoisotopic (exact) mass is 430 g/mol. The van der Waals surface area contributed by atoms with Crippen molar-refractivity contribution < 1.29 is 14.3 Å². The summed E-state index contributed by atoms with van der Waals surface area (Å²) in [6, 6.07) is 11.4. The smallest absolute Gasteiger partial charge is 0.248 e. The Kier molecular flexibility index (Phi) is 5.52. The molecule has 0 spiro atoms. The molecule has 1 saturated heterocycles. The van der Waals surface area contributed by atoms with Gasteiger partial charge in [-0.15, -0.1) is 0 Å². The maximum atomic E-state index is 12.2. The van der Waals surface area contributed by atoms with Crippen LogP contribution in [0.5, 0.6) is 11.5 Å². The normalized spacial score (nSPS) is 15.2. The van der Waals surface area contributed by atoms with E-state index in [1.54, 1.807) is 18.5 Å². The van der Waals surface area contributed by atoms with Gasteiger partial charge in [-0.1, -0.05) is 12.1 Å². The fraction of sp³-hybridized carbons (Fsp3) is 0.217. The van der Waals surface area contributed by atoms with Crippen LogP contribution in [0.1, 0.15) is 5.56 Å². The highest BCUT2D eigenvalue weighted by molar-refractivity contribution is 6.01. The van der Waals surface area contributed by atoms with Gasteiger partial charge in [0, 0.05) is 38.5 Å². The zero-order chi connectivity index (χ0) is 21.8. The number of carbonyl (C=O) groups is 1. The summed E-state index contributed by atoms with van der Waals surface area (Å²) in [6.45, 7) is 3.53. The highest BCUT2D eigenvalue weighted by Gasteiger charge is 2.19. The lowest BCUT2D eigenvalue weighted by atomic mass is 10.2. The number of anilines is 3. The largest absolute Gasteiger partial charge is 0.454 e. The summed E-state index contributed by atoms with van der Waals surface area (Å²) in [7, 11) is 0. The average molecular weight is 430 g/mol. The minimum absolute atomic E-state index is 0.221. The maximum absolute atomic E-state index is 12.2. The van der Waals surface area contributed by atoms with Crippen LogP contribution in [0.15, 0.2) is 61.1 Å². The number of carbonyl (C=O) groups excluding carboxylic acids is 1. The van der Waals surface area contributed by atoms with Gasteiger partial charge >= 0.3 is 0 Å². The minimum Gasteiger partial charge on any atom is -0.454 e. The molecule has 1 amide bonds. The predicted octanol–water partition coefficient (Wildman–Crippen LogP) is 2.58. The molecule has 2 aromatic heterocycles. The number of rotatable bonds is 5. The summed E-state index contributed by atoms with van der Waals surface area (Å²) in [6.07, 6.45) is 8.23. The van der Waals surface area contributed by atoms with Gasteiger partial charge in [0.1, 0.15) is 5.82 Å². The van der Waals surface area contributed by atoms with Gasteiger partial charge < -0.3 is 24.6 Å². The lowest BCUT2D eigenvalue weighted by Crippen LogP contribution is -2.47. The molecule has 1 fully saturated rings. The van der Waals surface area contributed by atoms with Crippen molar-refractivity contribution >= 4 is 29.4 Å². The van der Waals surface area contributed by atoms with Crippen molar-refractivity contribution in [1.82, 2.24) is 15.0 Å². The molecule has 0 unspecified atom stereocenters. The summed E-state index contributed by atoms with van der Waals surface area (Å²) in [5.74, 6) is 2.77. The Morgan fingerprint density at radius 2 is 1.72 bits per heavy atom. The minimum atomic E-state index is -0.261. The molecule has 0 saturated carbocycles. The molecule has 3 aromatic rings. The Labute approximate surface area is 185 Å². The second kappa shape index (κ2) is 8.93. The SMILES string of the molecule is O=C(/C=C/c1ccc2c(c1)OCO2)Nc1cnc(N2CCN(c3ccccn3)CC2)nc1. The Balaban J connectivity index is 1.14. The van der Waals surface area contributed by atoms with E-state index in [1.807, 2.05) is 42.6 Å². The second-order valence-corrected chi connectivity index (χ2v) is 7.37. The molecule has 1 aromatic carbocycles. The zero-order valence-electron chi connectivity index (χ0n) is 17.3. The molecular weight excluding hydrogens is 408 g/mol. The number of piperazine rings is 1. The van der Waals surface area contributed by atoms with Crippen molar-refractivity contribution in [1.29, 1.82) is 0 Å². The molecule has 0 radical (unpaired) electrons. The quantitative estimate of drug-likeness (QED) is 0.618. The van der Waals surface area contributed by atoms with Gasteiger partial charge in [0.15, 0.2) is 11.5 Å². The van der Waals surface area contributed by atoms with E-state index < -0.39 is 0 Å². The Bertz CT molecular complexity index is 1110. The third-order valence-corrected chi connectivity index (χ3v) is 5.27. The van der Waals surface area contributed by atoms with Crippen LogP contribution in [0.4, 0.5) is 17.5 Å². The van der Waals surface area contributed by atoms with Gasteiger partial charge in [0.2, 0.25) is 18.6 Å². The molecule has 2 aliphatic rings.